The van der Waals surface area contributed by atoms with E-state index in [9.17, 15) is 14.4 Å². The predicted octanol–water partition coefficient (Wildman–Crippen LogP) is 4.59. The van der Waals surface area contributed by atoms with Crippen molar-refractivity contribution in [2.75, 3.05) is 6.61 Å². The highest BCUT2D eigenvalue weighted by Gasteiger charge is 2.39. The maximum absolute atomic E-state index is 11.6. The van der Waals surface area contributed by atoms with Crippen molar-refractivity contribution >= 4 is 17.9 Å². The molecular weight excluding hydrogens is 400 g/mol. The van der Waals surface area contributed by atoms with E-state index in [0.29, 0.717) is 31.3 Å². The number of rotatable bonds is 10. The molecule has 0 amide bonds. The molecule has 0 aromatic carbocycles. The third kappa shape index (κ3) is 10.1. The Morgan fingerprint density at radius 3 is 2.45 bits per heavy atom. The Labute approximate surface area is 185 Å². The monoisotopic (exact) mass is 438 g/mol. The highest BCUT2D eigenvalue weighted by Crippen LogP contribution is 2.34. The first-order valence-corrected chi connectivity index (χ1v) is 11.0. The lowest BCUT2D eigenvalue weighted by molar-refractivity contribution is -0.167. The molecule has 31 heavy (non-hydrogen) atoms. The van der Waals surface area contributed by atoms with Crippen molar-refractivity contribution in [3.63, 3.8) is 0 Å². The number of carbonyl (C=O) groups excluding carboxylic acids is 2. The molecule has 0 aliphatic carbocycles. The van der Waals surface area contributed by atoms with Gasteiger partial charge in [-0.2, -0.15) is 0 Å². The lowest BCUT2D eigenvalue weighted by Gasteiger charge is -2.35. The van der Waals surface area contributed by atoms with Gasteiger partial charge < -0.3 is 19.3 Å². The molecule has 1 saturated heterocycles. The molecule has 1 aliphatic heterocycles. The van der Waals surface area contributed by atoms with Gasteiger partial charge in [-0.05, 0) is 57.9 Å². The van der Waals surface area contributed by atoms with Crippen molar-refractivity contribution in [1.29, 1.82) is 0 Å². The number of allylic oxidation sites excluding steroid dienone is 1. The molecule has 0 saturated carbocycles. The minimum atomic E-state index is -1.01. The number of hydrogen-bond donors (Lipinski definition) is 1. The van der Waals surface area contributed by atoms with Gasteiger partial charge in [-0.1, -0.05) is 25.0 Å². The molecule has 0 aromatic heterocycles. The summed E-state index contributed by atoms with van der Waals surface area (Å²) in [7, 11) is 0. The number of carboxylic acids is 1. The minimum Gasteiger partial charge on any atom is -0.478 e. The van der Waals surface area contributed by atoms with Crippen molar-refractivity contribution in [3.05, 3.63) is 23.3 Å². The summed E-state index contributed by atoms with van der Waals surface area (Å²) in [4.78, 5) is 34.2. The van der Waals surface area contributed by atoms with Crippen LogP contribution >= 0.6 is 0 Å². The number of carboxylic acid groups (broad SMARTS) is 1. The fraction of sp³-hybridized carbons (Fsp3) is 0.708. The predicted molar refractivity (Wildman–Crippen MR) is 117 cm³/mol. The second kappa shape index (κ2) is 12.6. The van der Waals surface area contributed by atoms with Crippen molar-refractivity contribution in [2.24, 2.45) is 5.92 Å². The van der Waals surface area contributed by atoms with E-state index in [-0.39, 0.29) is 30.6 Å². The standard InChI is InChI=1S/C24H38O7/c1-16(2)9-11-21(30-18(4)25)17(3)8-7-13-24(6)22(31-19(5)26)12-10-20(15-29-24)14-23(27)28/h9,14,17,21-22H,7-8,10-13,15H2,1-6H3,(H,27,28)/b20-14+. The number of carbonyl (C=O) groups is 3. The van der Waals surface area contributed by atoms with E-state index < -0.39 is 17.7 Å². The van der Waals surface area contributed by atoms with Gasteiger partial charge in [-0.15, -0.1) is 0 Å². The highest BCUT2D eigenvalue weighted by atomic mass is 16.6. The summed E-state index contributed by atoms with van der Waals surface area (Å²) < 4.78 is 17.2. The third-order valence-electron chi connectivity index (χ3n) is 5.67. The van der Waals surface area contributed by atoms with E-state index in [2.05, 4.69) is 13.0 Å². The molecule has 0 radical (unpaired) electrons. The zero-order valence-corrected chi connectivity index (χ0v) is 19.7. The van der Waals surface area contributed by atoms with E-state index in [0.717, 1.165) is 12.8 Å². The van der Waals surface area contributed by atoms with Crippen LogP contribution in [0.25, 0.3) is 0 Å². The summed E-state index contributed by atoms with van der Waals surface area (Å²) in [5, 5.41) is 9.04. The van der Waals surface area contributed by atoms with Gasteiger partial charge in [0.1, 0.15) is 17.8 Å². The summed E-state index contributed by atoms with van der Waals surface area (Å²) >= 11 is 0. The molecule has 1 heterocycles. The van der Waals surface area contributed by atoms with Crippen LogP contribution in [0.4, 0.5) is 0 Å². The average Bonchev–Trinajstić information content (AvgIpc) is 2.78. The van der Waals surface area contributed by atoms with E-state index in [4.69, 9.17) is 19.3 Å². The summed E-state index contributed by atoms with van der Waals surface area (Å²) in [5.41, 5.74) is 1.15. The minimum absolute atomic E-state index is 0.156. The number of esters is 2. The van der Waals surface area contributed by atoms with Gasteiger partial charge in [0.15, 0.2) is 0 Å². The Morgan fingerprint density at radius 2 is 1.90 bits per heavy atom. The Kier molecular flexibility index (Phi) is 11.0. The highest BCUT2D eigenvalue weighted by molar-refractivity contribution is 5.80. The first kappa shape index (κ1) is 26.9. The zero-order chi connectivity index (χ0) is 23.6. The van der Waals surface area contributed by atoms with Crippen LogP contribution in [0.2, 0.25) is 0 Å². The fourth-order valence-corrected chi connectivity index (χ4v) is 3.87. The smallest absolute Gasteiger partial charge is 0.328 e. The van der Waals surface area contributed by atoms with Crippen LogP contribution in [0.1, 0.15) is 80.1 Å². The van der Waals surface area contributed by atoms with Gasteiger partial charge in [-0.3, -0.25) is 9.59 Å². The summed E-state index contributed by atoms with van der Waals surface area (Å²) in [6.45, 7) is 11.0. The van der Waals surface area contributed by atoms with Crippen LogP contribution < -0.4 is 0 Å². The summed E-state index contributed by atoms with van der Waals surface area (Å²) in [5.74, 6) is -1.52. The first-order valence-electron chi connectivity index (χ1n) is 11.0. The first-order chi connectivity index (χ1) is 14.4. The van der Waals surface area contributed by atoms with Gasteiger partial charge in [0.25, 0.3) is 0 Å². The summed E-state index contributed by atoms with van der Waals surface area (Å²) in [6, 6.07) is 0. The van der Waals surface area contributed by atoms with E-state index >= 15 is 0 Å². The second-order valence-electron chi connectivity index (χ2n) is 8.91. The van der Waals surface area contributed by atoms with Crippen LogP contribution in [0.5, 0.6) is 0 Å². The fourth-order valence-electron chi connectivity index (χ4n) is 3.87. The zero-order valence-electron chi connectivity index (χ0n) is 19.7. The van der Waals surface area contributed by atoms with Crippen LogP contribution in [-0.2, 0) is 28.6 Å². The molecule has 1 N–H and O–H groups in total. The third-order valence-corrected chi connectivity index (χ3v) is 5.67. The van der Waals surface area contributed by atoms with E-state index in [1.54, 1.807) is 0 Å². The largest absolute Gasteiger partial charge is 0.478 e. The molecule has 7 heteroatoms. The van der Waals surface area contributed by atoms with Crippen molar-refractivity contribution in [3.8, 4) is 0 Å². The maximum Gasteiger partial charge on any atom is 0.328 e. The number of ether oxygens (including phenoxy) is 3. The summed E-state index contributed by atoms with van der Waals surface area (Å²) in [6.07, 6.45) is 6.56. The van der Waals surface area contributed by atoms with Crippen LogP contribution in [0, 0.1) is 5.92 Å². The van der Waals surface area contributed by atoms with Crippen molar-refractivity contribution < 1.29 is 33.7 Å². The van der Waals surface area contributed by atoms with Crippen LogP contribution in [0.3, 0.4) is 0 Å². The molecule has 0 spiro atoms. The average molecular weight is 439 g/mol. The Morgan fingerprint density at radius 1 is 1.23 bits per heavy atom. The van der Waals surface area contributed by atoms with Gasteiger partial charge >= 0.3 is 17.9 Å². The lowest BCUT2D eigenvalue weighted by Crippen LogP contribution is -2.43. The van der Waals surface area contributed by atoms with Gasteiger partial charge in [0, 0.05) is 26.3 Å². The number of hydrogen-bond acceptors (Lipinski definition) is 6. The molecule has 1 aliphatic rings. The molecule has 1 fully saturated rings. The molecular formula is C24H38O7. The van der Waals surface area contributed by atoms with Crippen LogP contribution in [-0.4, -0.2) is 47.4 Å². The Bertz CT molecular complexity index is 690. The van der Waals surface area contributed by atoms with Gasteiger partial charge in [0.05, 0.1) is 6.61 Å². The maximum atomic E-state index is 11.6. The number of aliphatic carboxylic acids is 1. The molecule has 4 atom stereocenters. The van der Waals surface area contributed by atoms with E-state index in [1.165, 1.54) is 25.5 Å². The molecule has 0 bridgehead atoms. The van der Waals surface area contributed by atoms with Crippen LogP contribution in [0.15, 0.2) is 23.3 Å². The molecule has 0 aromatic rings. The Balaban J connectivity index is 2.82. The lowest BCUT2D eigenvalue weighted by atomic mass is 9.86. The topological polar surface area (TPSA) is 99.1 Å². The van der Waals surface area contributed by atoms with Gasteiger partial charge in [-0.25, -0.2) is 4.79 Å². The molecule has 176 valence electrons. The second-order valence-corrected chi connectivity index (χ2v) is 8.91. The molecule has 7 nitrogen and oxygen atoms in total. The normalized spacial score (nSPS) is 24.6. The van der Waals surface area contributed by atoms with Crippen molar-refractivity contribution in [1.82, 2.24) is 0 Å². The van der Waals surface area contributed by atoms with E-state index in [1.807, 2.05) is 20.8 Å². The van der Waals surface area contributed by atoms with Crippen molar-refractivity contribution in [2.45, 2.75) is 97.9 Å². The molecule has 1 rings (SSSR count). The molecule has 4 unspecified atom stereocenters. The SMILES string of the molecule is CC(=O)OC(CC=C(C)C)C(C)CCCC1(C)OC/C(=C/C(=O)O)CCC1OC(C)=O. The quantitative estimate of drug-likeness (QED) is 0.302. The Hall–Kier alpha value is -2.15. The van der Waals surface area contributed by atoms with Gasteiger partial charge in [0.2, 0.25) is 0 Å².